The average Bonchev–Trinajstić information content (AvgIpc) is 3.43. The van der Waals surface area contributed by atoms with Crippen LogP contribution in [0.25, 0.3) is 11.1 Å². The Bertz CT molecular complexity index is 1320. The van der Waals surface area contributed by atoms with Gasteiger partial charge in [0.1, 0.15) is 22.4 Å². The zero-order valence-corrected chi connectivity index (χ0v) is 22.8. The van der Waals surface area contributed by atoms with Crippen molar-refractivity contribution in [2.24, 2.45) is 5.92 Å². The zero-order chi connectivity index (χ0) is 28.3. The van der Waals surface area contributed by atoms with E-state index in [9.17, 15) is 22.8 Å². The maximum Gasteiger partial charge on any atom is 0.270 e. The van der Waals surface area contributed by atoms with Crippen LogP contribution in [0.3, 0.4) is 0 Å². The highest BCUT2D eigenvalue weighted by Crippen LogP contribution is 2.43. The summed E-state index contributed by atoms with van der Waals surface area (Å²) in [5, 5.41) is 16.1. The number of aromatic nitrogens is 5. The van der Waals surface area contributed by atoms with Gasteiger partial charge in [-0.15, -0.1) is 23.2 Å². The van der Waals surface area contributed by atoms with E-state index in [4.69, 9.17) is 23.2 Å². The minimum Gasteiger partial charge on any atom is -0.339 e. The molecule has 0 radical (unpaired) electrons. The monoisotopic (exact) mass is 585 g/mol. The van der Waals surface area contributed by atoms with E-state index in [0.717, 1.165) is 0 Å². The average molecular weight is 586 g/mol. The van der Waals surface area contributed by atoms with Gasteiger partial charge in [0.25, 0.3) is 5.91 Å². The van der Waals surface area contributed by atoms with Crippen molar-refractivity contribution in [2.75, 3.05) is 5.32 Å². The molecule has 14 heteroatoms. The predicted octanol–water partition coefficient (Wildman–Crippen LogP) is 5.18. The lowest BCUT2D eigenvalue weighted by Crippen LogP contribution is -2.45. The standard InChI is InChI=1S/C25H28Cl2F3N7O2/c1-13-21(14(2)36-35-13)16-6-7-20(33-22(16)28)34-23(38)17(4-3-5-19(26)27)32-24(39)18-8-9-31-37(18)12-15-10-25(29,30)11-15/h6-9,15,17,19H,3-5,10-12H2,1-2H3,(H,32,39)(H,35,36)(H,33,34,38)/t17-/m0/s1. The minimum atomic E-state index is -2.69. The van der Waals surface area contributed by atoms with Gasteiger partial charge in [0, 0.05) is 42.4 Å². The molecule has 0 bridgehead atoms. The van der Waals surface area contributed by atoms with Crippen LogP contribution >= 0.6 is 23.2 Å². The lowest BCUT2D eigenvalue weighted by Gasteiger charge is -2.34. The van der Waals surface area contributed by atoms with E-state index < -0.39 is 34.6 Å². The highest BCUT2D eigenvalue weighted by Gasteiger charge is 2.45. The molecule has 1 saturated carbocycles. The second-order valence-electron chi connectivity index (χ2n) is 9.71. The first kappa shape index (κ1) is 28.9. The summed E-state index contributed by atoms with van der Waals surface area (Å²) in [5.41, 5.74) is 2.23. The number of aryl methyl sites for hydroxylation is 2. The molecular weight excluding hydrogens is 558 g/mol. The van der Waals surface area contributed by atoms with Gasteiger partial charge in [-0.05, 0) is 57.2 Å². The number of carbonyl (C=O) groups excluding carboxylic acids is 2. The molecule has 1 atom stereocenters. The number of nitrogens with zero attached hydrogens (tertiary/aromatic N) is 4. The van der Waals surface area contributed by atoms with Crippen LogP contribution in [-0.2, 0) is 11.3 Å². The SMILES string of the molecule is Cc1n[nH]c(C)c1-c1ccc(NC(=O)[C@H](CCCC(Cl)Cl)NC(=O)c2ccnn2CC2CC(F)(F)C2)nc1F. The molecule has 3 aromatic rings. The lowest BCUT2D eigenvalue weighted by atomic mass is 9.81. The number of halogens is 5. The fourth-order valence-electron chi connectivity index (χ4n) is 4.66. The third-order valence-corrected chi connectivity index (χ3v) is 7.03. The van der Waals surface area contributed by atoms with Gasteiger partial charge >= 0.3 is 0 Å². The highest BCUT2D eigenvalue weighted by atomic mass is 35.5. The Morgan fingerprint density at radius 1 is 1.21 bits per heavy atom. The Hall–Kier alpha value is -3.12. The van der Waals surface area contributed by atoms with E-state index >= 15 is 0 Å². The molecular formula is C25H28Cl2F3N7O2. The lowest BCUT2D eigenvalue weighted by molar-refractivity contribution is -0.118. The molecule has 0 spiro atoms. The highest BCUT2D eigenvalue weighted by molar-refractivity contribution is 6.44. The Kier molecular flexibility index (Phi) is 8.85. The molecule has 0 saturated heterocycles. The van der Waals surface area contributed by atoms with Crippen LogP contribution < -0.4 is 10.6 Å². The number of nitrogens with one attached hydrogen (secondary N) is 3. The number of H-pyrrole nitrogens is 1. The number of hydrogen-bond acceptors (Lipinski definition) is 5. The van der Waals surface area contributed by atoms with Crippen molar-refractivity contribution in [2.45, 2.75) is 69.3 Å². The van der Waals surface area contributed by atoms with E-state index in [2.05, 4.69) is 30.9 Å². The van der Waals surface area contributed by atoms with Crippen LogP contribution in [-0.4, -0.2) is 53.6 Å². The smallest absolute Gasteiger partial charge is 0.270 e. The van der Waals surface area contributed by atoms with Crippen molar-refractivity contribution in [1.82, 2.24) is 30.3 Å². The van der Waals surface area contributed by atoms with Gasteiger partial charge in [0.2, 0.25) is 17.8 Å². The molecule has 0 aromatic carbocycles. The number of carbonyl (C=O) groups is 2. The van der Waals surface area contributed by atoms with Crippen LogP contribution in [0, 0.1) is 25.7 Å². The molecule has 0 unspecified atom stereocenters. The first-order valence-electron chi connectivity index (χ1n) is 12.4. The van der Waals surface area contributed by atoms with Crippen LogP contribution in [0.1, 0.15) is 54.0 Å². The van der Waals surface area contributed by atoms with Crippen molar-refractivity contribution in [3.63, 3.8) is 0 Å². The van der Waals surface area contributed by atoms with Crippen molar-refractivity contribution in [3.8, 4) is 11.1 Å². The summed E-state index contributed by atoms with van der Waals surface area (Å²) < 4.78 is 42.7. The Morgan fingerprint density at radius 2 is 1.95 bits per heavy atom. The van der Waals surface area contributed by atoms with Crippen LogP contribution in [0.5, 0.6) is 0 Å². The summed E-state index contributed by atoms with van der Waals surface area (Å²) >= 11 is 11.6. The van der Waals surface area contributed by atoms with Gasteiger partial charge in [0.15, 0.2) is 0 Å². The summed E-state index contributed by atoms with van der Waals surface area (Å²) in [6.45, 7) is 3.66. The molecule has 1 fully saturated rings. The molecule has 3 N–H and O–H groups in total. The van der Waals surface area contributed by atoms with Crippen LogP contribution in [0.2, 0.25) is 0 Å². The van der Waals surface area contributed by atoms with E-state index in [1.807, 2.05) is 0 Å². The second kappa shape index (κ2) is 12.0. The van der Waals surface area contributed by atoms with Gasteiger partial charge < -0.3 is 10.6 Å². The van der Waals surface area contributed by atoms with Gasteiger partial charge in [0.05, 0.1) is 5.69 Å². The molecule has 3 heterocycles. The molecule has 2 amide bonds. The second-order valence-corrected chi connectivity index (χ2v) is 11.0. The van der Waals surface area contributed by atoms with Gasteiger partial charge in [-0.25, -0.2) is 13.8 Å². The van der Waals surface area contributed by atoms with Crippen molar-refractivity contribution in [1.29, 1.82) is 0 Å². The first-order valence-corrected chi connectivity index (χ1v) is 13.3. The summed E-state index contributed by atoms with van der Waals surface area (Å²) in [7, 11) is 0. The van der Waals surface area contributed by atoms with E-state index in [-0.39, 0.29) is 48.8 Å². The van der Waals surface area contributed by atoms with E-state index in [1.54, 1.807) is 13.8 Å². The van der Waals surface area contributed by atoms with Crippen LogP contribution in [0.4, 0.5) is 19.0 Å². The first-order chi connectivity index (χ1) is 18.4. The normalized spacial score (nSPS) is 15.7. The number of alkyl halides is 4. The van der Waals surface area contributed by atoms with Gasteiger partial charge in [-0.3, -0.25) is 19.4 Å². The molecule has 1 aliphatic rings. The van der Waals surface area contributed by atoms with Crippen LogP contribution in [0.15, 0.2) is 24.4 Å². The maximum absolute atomic E-state index is 14.9. The number of aromatic amines is 1. The Morgan fingerprint density at radius 3 is 2.56 bits per heavy atom. The van der Waals surface area contributed by atoms with E-state index in [1.165, 1.54) is 29.1 Å². The fraction of sp³-hybridized carbons (Fsp3) is 0.480. The third-order valence-electron chi connectivity index (χ3n) is 6.59. The minimum absolute atomic E-state index is 0.0391. The number of amides is 2. The zero-order valence-electron chi connectivity index (χ0n) is 21.3. The molecule has 39 heavy (non-hydrogen) atoms. The summed E-state index contributed by atoms with van der Waals surface area (Å²) in [4.78, 5) is 29.4. The van der Waals surface area contributed by atoms with Gasteiger partial charge in [-0.1, -0.05) is 0 Å². The molecule has 1 aliphatic carbocycles. The maximum atomic E-state index is 14.9. The fourth-order valence-corrected chi connectivity index (χ4v) is 4.97. The number of rotatable bonds is 11. The number of pyridine rings is 1. The van der Waals surface area contributed by atoms with E-state index in [0.29, 0.717) is 29.8 Å². The van der Waals surface area contributed by atoms with Crippen molar-refractivity contribution >= 4 is 40.8 Å². The van der Waals surface area contributed by atoms with Crippen molar-refractivity contribution < 1.29 is 22.8 Å². The molecule has 0 aliphatic heterocycles. The molecule has 3 aromatic heterocycles. The Labute approximate surface area is 232 Å². The van der Waals surface area contributed by atoms with Crippen molar-refractivity contribution in [3.05, 3.63) is 47.4 Å². The number of hydrogen-bond donors (Lipinski definition) is 3. The summed E-state index contributed by atoms with van der Waals surface area (Å²) in [6, 6.07) is 3.36. The molecule has 9 nitrogen and oxygen atoms in total. The Balaban J connectivity index is 1.46. The van der Waals surface area contributed by atoms with Gasteiger partial charge in [-0.2, -0.15) is 14.6 Å². The molecule has 4 rings (SSSR count). The topological polar surface area (TPSA) is 118 Å². The summed E-state index contributed by atoms with van der Waals surface area (Å²) in [5.74, 6) is -5.04. The quantitative estimate of drug-likeness (QED) is 0.212. The number of anilines is 1. The predicted molar refractivity (Wildman–Crippen MR) is 140 cm³/mol. The third kappa shape index (κ3) is 7.10. The largest absolute Gasteiger partial charge is 0.339 e. The molecule has 210 valence electrons. The summed E-state index contributed by atoms with van der Waals surface area (Å²) in [6.07, 6.45) is 1.83.